The molecule has 0 nitrogen and oxygen atoms in total. The monoisotopic (exact) mass is 572 g/mol. The van der Waals surface area contributed by atoms with Crippen LogP contribution in [0.2, 0.25) is 0 Å². The van der Waals surface area contributed by atoms with Crippen LogP contribution in [0.3, 0.4) is 0 Å². The maximum absolute atomic E-state index is 2.50. The van der Waals surface area contributed by atoms with Gasteiger partial charge < -0.3 is 0 Å². The van der Waals surface area contributed by atoms with Crippen molar-refractivity contribution in [3.8, 4) is 33.4 Å². The lowest BCUT2D eigenvalue weighted by molar-refractivity contribution is 0.584. The average molecular weight is 573 g/mol. The number of hydrogen-bond acceptors (Lipinski definition) is 0. The van der Waals surface area contributed by atoms with Crippen molar-refractivity contribution in [3.05, 3.63) is 131 Å². The Bertz CT molecular complexity index is 2080. The number of aryl methyl sites for hydroxylation is 1. The van der Waals surface area contributed by atoms with E-state index < -0.39 is 0 Å². The first-order chi connectivity index (χ1) is 21.0. The Morgan fingerprint density at radius 2 is 1.27 bits per heavy atom. The standard InChI is InChI=1S/C44H44/c1-9-27(2)41-33(30-20-22-34-35-23-21-31(43(4,5)6)26-40(35)44(7,8)39(34)25-30)16-12-18-37(41)38-19-13-17-36-32-15-11-10-14-29(32)24-28(3)42(36)38/h10-27H,9H2,1-8H3. The summed E-state index contributed by atoms with van der Waals surface area (Å²) in [7, 11) is 0. The molecule has 0 amide bonds. The summed E-state index contributed by atoms with van der Waals surface area (Å²) in [6, 6.07) is 39.4. The van der Waals surface area contributed by atoms with Crippen LogP contribution in [-0.2, 0) is 10.8 Å². The smallest absolute Gasteiger partial charge is 0.0159 e. The molecule has 0 radical (unpaired) electrons. The maximum atomic E-state index is 2.50. The first-order valence-corrected chi connectivity index (χ1v) is 16.4. The molecule has 220 valence electrons. The zero-order valence-electron chi connectivity index (χ0n) is 27.6. The van der Waals surface area contributed by atoms with E-state index in [9.17, 15) is 0 Å². The van der Waals surface area contributed by atoms with Gasteiger partial charge in [-0.2, -0.15) is 0 Å². The van der Waals surface area contributed by atoms with Gasteiger partial charge in [-0.05, 0) is 113 Å². The van der Waals surface area contributed by atoms with E-state index in [1.54, 1.807) is 0 Å². The van der Waals surface area contributed by atoms with Crippen molar-refractivity contribution in [2.75, 3.05) is 0 Å². The van der Waals surface area contributed by atoms with Gasteiger partial charge in [0.2, 0.25) is 0 Å². The first-order valence-electron chi connectivity index (χ1n) is 16.4. The van der Waals surface area contributed by atoms with Crippen molar-refractivity contribution in [1.29, 1.82) is 0 Å². The Morgan fingerprint density at radius 1 is 0.636 bits per heavy atom. The molecule has 7 rings (SSSR count). The van der Waals surface area contributed by atoms with Crippen molar-refractivity contribution < 1.29 is 0 Å². The molecule has 6 aromatic rings. The van der Waals surface area contributed by atoms with Crippen molar-refractivity contribution >= 4 is 21.5 Å². The summed E-state index contributed by atoms with van der Waals surface area (Å²) >= 11 is 0. The first kappa shape index (κ1) is 28.6. The molecular formula is C44H44. The SMILES string of the molecule is CCC(C)c1c(-c2ccc3c(c2)C(C)(C)c2cc(C(C)(C)C)ccc2-3)cccc1-c1cccc2c1c(C)cc1ccccc12. The molecule has 0 N–H and O–H groups in total. The second-order valence-corrected chi connectivity index (χ2v) is 14.6. The molecule has 0 heteroatoms. The van der Waals surface area contributed by atoms with Gasteiger partial charge in [0.1, 0.15) is 0 Å². The third kappa shape index (κ3) is 4.34. The van der Waals surface area contributed by atoms with Crippen LogP contribution in [0.15, 0.2) is 103 Å². The van der Waals surface area contributed by atoms with Gasteiger partial charge in [0.05, 0.1) is 0 Å². The van der Waals surface area contributed by atoms with Gasteiger partial charge in [0.25, 0.3) is 0 Å². The topological polar surface area (TPSA) is 0 Å². The van der Waals surface area contributed by atoms with Crippen molar-refractivity contribution in [3.63, 3.8) is 0 Å². The van der Waals surface area contributed by atoms with E-state index in [0.29, 0.717) is 5.92 Å². The highest BCUT2D eigenvalue weighted by molar-refractivity contribution is 6.14. The van der Waals surface area contributed by atoms with Gasteiger partial charge >= 0.3 is 0 Å². The van der Waals surface area contributed by atoms with Gasteiger partial charge in [-0.1, -0.05) is 146 Å². The molecule has 0 saturated heterocycles. The maximum Gasteiger partial charge on any atom is 0.0159 e. The van der Waals surface area contributed by atoms with E-state index in [1.807, 2.05) is 0 Å². The van der Waals surface area contributed by atoms with Gasteiger partial charge in [-0.3, -0.25) is 0 Å². The van der Waals surface area contributed by atoms with Crippen LogP contribution in [-0.4, -0.2) is 0 Å². The lowest BCUT2D eigenvalue weighted by Gasteiger charge is -2.26. The quantitative estimate of drug-likeness (QED) is 0.184. The van der Waals surface area contributed by atoms with Crippen LogP contribution in [0.5, 0.6) is 0 Å². The summed E-state index contributed by atoms with van der Waals surface area (Å²) in [6.45, 7) is 18.7. The van der Waals surface area contributed by atoms with Gasteiger partial charge in [-0.15, -0.1) is 0 Å². The average Bonchev–Trinajstić information content (AvgIpc) is 3.25. The second-order valence-electron chi connectivity index (χ2n) is 14.6. The molecular weight excluding hydrogens is 528 g/mol. The zero-order chi connectivity index (χ0) is 31.0. The van der Waals surface area contributed by atoms with Gasteiger partial charge in [0.15, 0.2) is 0 Å². The lowest BCUT2D eigenvalue weighted by Crippen LogP contribution is -2.17. The summed E-state index contributed by atoms with van der Waals surface area (Å²) in [6.07, 6.45) is 1.09. The fourth-order valence-corrected chi connectivity index (χ4v) is 7.76. The number of benzene rings is 6. The highest BCUT2D eigenvalue weighted by atomic mass is 14.4. The number of rotatable bonds is 4. The van der Waals surface area contributed by atoms with E-state index in [0.717, 1.165) is 6.42 Å². The largest absolute Gasteiger partial charge is 0.0648 e. The highest BCUT2D eigenvalue weighted by Crippen LogP contribution is 2.51. The highest BCUT2D eigenvalue weighted by Gasteiger charge is 2.36. The summed E-state index contributed by atoms with van der Waals surface area (Å²) in [4.78, 5) is 0. The van der Waals surface area contributed by atoms with Gasteiger partial charge in [-0.25, -0.2) is 0 Å². The minimum atomic E-state index is -0.0517. The Hall–Kier alpha value is -4.16. The number of fused-ring (bicyclic) bond motifs is 6. The minimum Gasteiger partial charge on any atom is -0.0648 e. The Balaban J connectivity index is 1.44. The molecule has 0 spiro atoms. The Kier molecular flexibility index (Phi) is 6.63. The third-order valence-corrected chi connectivity index (χ3v) is 10.4. The molecule has 44 heavy (non-hydrogen) atoms. The molecule has 0 bridgehead atoms. The van der Waals surface area contributed by atoms with E-state index >= 15 is 0 Å². The van der Waals surface area contributed by atoms with Crippen LogP contribution in [0, 0.1) is 6.92 Å². The van der Waals surface area contributed by atoms with E-state index in [1.165, 1.54) is 82.7 Å². The summed E-state index contributed by atoms with van der Waals surface area (Å²) in [5.74, 6) is 0.421. The predicted octanol–water partition coefficient (Wildman–Crippen LogP) is 12.8. The molecule has 0 heterocycles. The second kappa shape index (κ2) is 10.2. The summed E-state index contributed by atoms with van der Waals surface area (Å²) in [5, 5.41) is 5.34. The zero-order valence-corrected chi connectivity index (χ0v) is 27.6. The van der Waals surface area contributed by atoms with Crippen LogP contribution in [0.25, 0.3) is 54.9 Å². The molecule has 1 unspecified atom stereocenters. The van der Waals surface area contributed by atoms with Crippen LogP contribution in [0.4, 0.5) is 0 Å². The van der Waals surface area contributed by atoms with Crippen LogP contribution >= 0.6 is 0 Å². The molecule has 1 aliphatic carbocycles. The van der Waals surface area contributed by atoms with Crippen LogP contribution < -0.4 is 0 Å². The fourth-order valence-electron chi connectivity index (χ4n) is 7.76. The Labute approximate surface area is 263 Å². The van der Waals surface area contributed by atoms with Crippen molar-refractivity contribution in [2.45, 2.75) is 78.6 Å². The van der Waals surface area contributed by atoms with E-state index in [4.69, 9.17) is 0 Å². The molecule has 6 aromatic carbocycles. The van der Waals surface area contributed by atoms with Gasteiger partial charge in [0, 0.05) is 5.41 Å². The fraction of sp³-hybridized carbons (Fsp3) is 0.273. The molecule has 0 aliphatic heterocycles. The van der Waals surface area contributed by atoms with Crippen LogP contribution in [0.1, 0.15) is 88.6 Å². The van der Waals surface area contributed by atoms with Crippen molar-refractivity contribution in [1.82, 2.24) is 0 Å². The van der Waals surface area contributed by atoms with E-state index in [-0.39, 0.29) is 10.8 Å². The van der Waals surface area contributed by atoms with E-state index in [2.05, 4.69) is 159 Å². The predicted molar refractivity (Wildman–Crippen MR) is 192 cm³/mol. The Morgan fingerprint density at radius 3 is 2.02 bits per heavy atom. The molecule has 1 atom stereocenters. The lowest BCUT2D eigenvalue weighted by atomic mass is 9.78. The minimum absolute atomic E-state index is 0.0517. The third-order valence-electron chi connectivity index (χ3n) is 10.4. The summed E-state index contributed by atoms with van der Waals surface area (Å²) < 4.78 is 0. The molecule has 0 fully saturated rings. The molecule has 0 aromatic heterocycles. The van der Waals surface area contributed by atoms with Crippen molar-refractivity contribution in [2.24, 2.45) is 0 Å². The molecule has 1 aliphatic rings. The molecule has 0 saturated carbocycles. The summed E-state index contributed by atoms with van der Waals surface area (Å²) in [5.41, 5.74) is 15.3. The number of hydrogen-bond donors (Lipinski definition) is 0. The normalized spacial score (nSPS) is 14.5.